The summed E-state index contributed by atoms with van der Waals surface area (Å²) in [7, 11) is 0. The number of carbonyl (C=O) groups is 2. The van der Waals surface area contributed by atoms with E-state index in [-0.39, 0.29) is 0 Å². The van der Waals surface area contributed by atoms with Crippen LogP contribution in [0.1, 0.15) is 33.1 Å². The highest BCUT2D eigenvalue weighted by Crippen LogP contribution is 2.14. The number of unbranched alkanes of at least 4 members (excludes halogenated alkanes) is 1. The van der Waals surface area contributed by atoms with E-state index in [4.69, 9.17) is 16.7 Å². The van der Waals surface area contributed by atoms with Gasteiger partial charge in [0.15, 0.2) is 0 Å². The van der Waals surface area contributed by atoms with Crippen LogP contribution in [0.25, 0.3) is 0 Å². The Kier molecular flexibility index (Phi) is 8.75. The highest BCUT2D eigenvalue weighted by molar-refractivity contribution is 6.17. The second kappa shape index (κ2) is 9.16. The Bertz CT molecular complexity index is 265. The van der Waals surface area contributed by atoms with Crippen molar-refractivity contribution in [1.82, 2.24) is 4.90 Å². The van der Waals surface area contributed by atoms with Crippen molar-refractivity contribution in [2.45, 2.75) is 39.2 Å². The van der Waals surface area contributed by atoms with Gasteiger partial charge in [0.1, 0.15) is 6.04 Å². The van der Waals surface area contributed by atoms with Crippen LogP contribution in [-0.2, 0) is 9.59 Å². The molecule has 0 amide bonds. The van der Waals surface area contributed by atoms with Crippen molar-refractivity contribution < 1.29 is 19.8 Å². The first-order valence-corrected chi connectivity index (χ1v) is 6.74. The van der Waals surface area contributed by atoms with Crippen molar-refractivity contribution in [3.05, 3.63) is 0 Å². The van der Waals surface area contributed by atoms with Gasteiger partial charge in [-0.05, 0) is 26.3 Å². The van der Waals surface area contributed by atoms with Crippen LogP contribution in [0.2, 0.25) is 0 Å². The first-order valence-electron chi connectivity index (χ1n) is 6.21. The lowest BCUT2D eigenvalue weighted by molar-refractivity contribution is -0.154. The summed E-state index contributed by atoms with van der Waals surface area (Å²) >= 11 is 5.62. The molecule has 106 valence electrons. The quantitative estimate of drug-likeness (QED) is 0.597. The monoisotopic (exact) mass is 279 g/mol. The molecule has 2 atom stereocenters. The third-order valence-corrected chi connectivity index (χ3v) is 3.15. The summed E-state index contributed by atoms with van der Waals surface area (Å²) in [5.74, 6) is -2.67. The van der Waals surface area contributed by atoms with E-state index in [9.17, 15) is 14.7 Å². The fraction of sp³-hybridized carbons (Fsp3) is 0.833. The van der Waals surface area contributed by atoms with Gasteiger partial charge in [-0.1, -0.05) is 13.3 Å². The van der Waals surface area contributed by atoms with Crippen LogP contribution in [0.15, 0.2) is 0 Å². The van der Waals surface area contributed by atoms with Crippen LogP contribution in [0, 0.1) is 5.92 Å². The summed E-state index contributed by atoms with van der Waals surface area (Å²) in [5, 5.41) is 18.2. The molecular weight excluding hydrogens is 258 g/mol. The molecule has 0 aromatic carbocycles. The van der Waals surface area contributed by atoms with E-state index in [1.165, 1.54) is 6.92 Å². The van der Waals surface area contributed by atoms with Gasteiger partial charge < -0.3 is 10.2 Å². The first-order chi connectivity index (χ1) is 8.45. The highest BCUT2D eigenvalue weighted by Gasteiger charge is 2.34. The zero-order chi connectivity index (χ0) is 14.1. The number of hydrogen-bond acceptors (Lipinski definition) is 3. The van der Waals surface area contributed by atoms with Crippen LogP contribution in [0.3, 0.4) is 0 Å². The number of carboxylic acid groups (broad SMARTS) is 2. The molecule has 0 heterocycles. The van der Waals surface area contributed by atoms with Gasteiger partial charge in [-0.15, -0.1) is 11.6 Å². The van der Waals surface area contributed by atoms with Gasteiger partial charge in [-0.2, -0.15) is 0 Å². The summed E-state index contributed by atoms with van der Waals surface area (Å²) in [4.78, 5) is 24.0. The molecule has 0 spiro atoms. The SMILES string of the molecule is CCCCN(CCCCl)[C@@H](C(=O)O)C(C)C(=O)O. The topological polar surface area (TPSA) is 77.8 Å². The maximum absolute atomic E-state index is 11.3. The maximum atomic E-state index is 11.3. The third kappa shape index (κ3) is 5.69. The van der Waals surface area contributed by atoms with Crippen LogP contribution in [0.4, 0.5) is 0 Å². The number of nitrogens with zero attached hydrogens (tertiary/aromatic N) is 1. The molecule has 0 saturated heterocycles. The molecule has 0 aromatic rings. The van der Waals surface area contributed by atoms with Gasteiger partial charge in [-0.25, -0.2) is 0 Å². The Balaban J connectivity index is 4.83. The molecule has 2 N–H and O–H groups in total. The largest absolute Gasteiger partial charge is 0.481 e. The average molecular weight is 280 g/mol. The van der Waals surface area contributed by atoms with E-state index >= 15 is 0 Å². The Morgan fingerprint density at radius 3 is 2.11 bits per heavy atom. The Hall–Kier alpha value is -0.810. The molecule has 0 aliphatic rings. The molecule has 0 aromatic heterocycles. The van der Waals surface area contributed by atoms with Crippen LogP contribution in [-0.4, -0.2) is 52.1 Å². The lowest BCUT2D eigenvalue weighted by Gasteiger charge is -2.30. The van der Waals surface area contributed by atoms with E-state index < -0.39 is 23.9 Å². The van der Waals surface area contributed by atoms with Crippen molar-refractivity contribution >= 4 is 23.5 Å². The van der Waals surface area contributed by atoms with Gasteiger partial charge >= 0.3 is 11.9 Å². The van der Waals surface area contributed by atoms with Crippen molar-refractivity contribution in [2.24, 2.45) is 5.92 Å². The lowest BCUT2D eigenvalue weighted by Crippen LogP contribution is -2.48. The molecule has 6 heteroatoms. The molecule has 0 bridgehead atoms. The summed E-state index contributed by atoms with van der Waals surface area (Å²) in [5.41, 5.74) is 0. The van der Waals surface area contributed by atoms with Crippen LogP contribution in [0.5, 0.6) is 0 Å². The molecule has 0 fully saturated rings. The van der Waals surface area contributed by atoms with E-state index in [2.05, 4.69) is 0 Å². The number of hydrogen-bond donors (Lipinski definition) is 2. The molecule has 0 saturated carbocycles. The smallest absolute Gasteiger partial charge is 0.321 e. The molecule has 0 aliphatic heterocycles. The third-order valence-electron chi connectivity index (χ3n) is 2.89. The number of aliphatic carboxylic acids is 2. The predicted octanol–water partition coefficient (Wildman–Crippen LogP) is 1.89. The van der Waals surface area contributed by atoms with E-state index in [1.54, 1.807) is 4.90 Å². The highest BCUT2D eigenvalue weighted by atomic mass is 35.5. The number of carboxylic acids is 2. The normalized spacial score (nSPS) is 14.4. The fourth-order valence-corrected chi connectivity index (χ4v) is 1.95. The standard InChI is InChI=1S/C12H22ClNO4/c1-3-4-7-14(8-5-6-13)10(12(17)18)9(2)11(15)16/h9-10H,3-8H2,1-2H3,(H,15,16)(H,17,18)/t9?,10-/m1/s1. The van der Waals surface area contributed by atoms with Crippen LogP contribution >= 0.6 is 11.6 Å². The molecule has 18 heavy (non-hydrogen) atoms. The van der Waals surface area contributed by atoms with Crippen LogP contribution < -0.4 is 0 Å². The second-order valence-corrected chi connectivity index (χ2v) is 4.72. The average Bonchev–Trinajstić information content (AvgIpc) is 2.31. The molecule has 0 rings (SSSR count). The predicted molar refractivity (Wildman–Crippen MR) is 70.0 cm³/mol. The van der Waals surface area contributed by atoms with Gasteiger partial charge in [0.2, 0.25) is 0 Å². The number of rotatable bonds is 10. The van der Waals surface area contributed by atoms with Gasteiger partial charge in [0.05, 0.1) is 5.92 Å². The maximum Gasteiger partial charge on any atom is 0.321 e. The van der Waals surface area contributed by atoms with E-state index in [0.29, 0.717) is 25.4 Å². The lowest BCUT2D eigenvalue weighted by atomic mass is 10.00. The molecule has 5 nitrogen and oxygen atoms in total. The molecule has 0 radical (unpaired) electrons. The minimum atomic E-state index is -1.09. The van der Waals surface area contributed by atoms with Gasteiger partial charge in [0, 0.05) is 12.4 Å². The Morgan fingerprint density at radius 1 is 1.17 bits per heavy atom. The first kappa shape index (κ1) is 17.2. The molecule has 0 aliphatic carbocycles. The minimum Gasteiger partial charge on any atom is -0.481 e. The number of alkyl halides is 1. The van der Waals surface area contributed by atoms with Crippen molar-refractivity contribution in [2.75, 3.05) is 19.0 Å². The van der Waals surface area contributed by atoms with E-state index in [0.717, 1.165) is 12.8 Å². The minimum absolute atomic E-state index is 0.441. The summed E-state index contributed by atoms with van der Waals surface area (Å²) < 4.78 is 0. The van der Waals surface area contributed by atoms with Crippen molar-refractivity contribution in [1.29, 1.82) is 0 Å². The molecule has 1 unspecified atom stereocenters. The zero-order valence-electron chi connectivity index (χ0n) is 10.9. The summed E-state index contributed by atoms with van der Waals surface area (Å²) in [6, 6.07) is -0.989. The van der Waals surface area contributed by atoms with E-state index in [1.807, 2.05) is 6.92 Å². The second-order valence-electron chi connectivity index (χ2n) is 4.34. The Morgan fingerprint density at radius 2 is 1.72 bits per heavy atom. The molecular formula is C12H22ClNO4. The van der Waals surface area contributed by atoms with Gasteiger partial charge in [-0.3, -0.25) is 14.5 Å². The van der Waals surface area contributed by atoms with Crippen molar-refractivity contribution in [3.63, 3.8) is 0 Å². The van der Waals surface area contributed by atoms with Crippen molar-refractivity contribution in [3.8, 4) is 0 Å². The Labute approximate surface area is 113 Å². The van der Waals surface area contributed by atoms with Gasteiger partial charge in [0.25, 0.3) is 0 Å². The number of halogens is 1. The fourth-order valence-electron chi connectivity index (χ4n) is 1.84. The summed E-state index contributed by atoms with van der Waals surface area (Å²) in [6.07, 6.45) is 2.44. The summed E-state index contributed by atoms with van der Waals surface area (Å²) in [6.45, 7) is 4.54. The zero-order valence-corrected chi connectivity index (χ0v) is 11.7.